The van der Waals surface area contributed by atoms with E-state index in [-0.39, 0.29) is 11.7 Å². The molecule has 10 heteroatoms. The number of hydrogen-bond acceptors (Lipinski definition) is 9. The molecule has 1 aromatic carbocycles. The molecule has 10 nitrogen and oxygen atoms in total. The Bertz CT molecular complexity index is 1430. The fourth-order valence-electron chi connectivity index (χ4n) is 4.24. The Balaban J connectivity index is 1.49. The SMILES string of the molecule is COc1cccc(-c2ccc(OC)c(C3CN(c4nc(-c5ccncn5)cc(=O)n4C)CCO3)c2)n1. The molecule has 0 N–H and O–H groups in total. The minimum atomic E-state index is -0.307. The molecule has 1 aliphatic heterocycles. The maximum atomic E-state index is 12.8. The molecule has 0 saturated carbocycles. The van der Waals surface area contributed by atoms with Gasteiger partial charge in [0, 0.05) is 43.0 Å². The molecule has 4 heterocycles. The Morgan fingerprint density at radius 1 is 1.00 bits per heavy atom. The first-order chi connectivity index (χ1) is 17.6. The van der Waals surface area contributed by atoms with E-state index in [2.05, 4.69) is 19.9 Å². The molecule has 1 aliphatic rings. The monoisotopic (exact) mass is 486 g/mol. The van der Waals surface area contributed by atoms with E-state index < -0.39 is 0 Å². The van der Waals surface area contributed by atoms with E-state index in [9.17, 15) is 4.79 Å². The van der Waals surface area contributed by atoms with Crippen LogP contribution in [0.25, 0.3) is 22.6 Å². The molecule has 184 valence electrons. The van der Waals surface area contributed by atoms with Crippen LogP contribution in [0, 0.1) is 0 Å². The summed E-state index contributed by atoms with van der Waals surface area (Å²) in [6.45, 7) is 1.53. The van der Waals surface area contributed by atoms with Crippen molar-refractivity contribution in [2.75, 3.05) is 38.8 Å². The van der Waals surface area contributed by atoms with Gasteiger partial charge in [0.15, 0.2) is 0 Å². The molecule has 0 bridgehead atoms. The van der Waals surface area contributed by atoms with Gasteiger partial charge in [0.05, 0.1) is 44.5 Å². The van der Waals surface area contributed by atoms with Crippen molar-refractivity contribution in [1.29, 1.82) is 0 Å². The first-order valence-electron chi connectivity index (χ1n) is 11.5. The van der Waals surface area contributed by atoms with E-state index >= 15 is 0 Å². The molecule has 0 aliphatic carbocycles. The molecular weight excluding hydrogens is 460 g/mol. The number of rotatable bonds is 6. The van der Waals surface area contributed by atoms with Crippen LogP contribution in [0.5, 0.6) is 11.6 Å². The third-order valence-electron chi connectivity index (χ3n) is 6.11. The lowest BCUT2D eigenvalue weighted by Crippen LogP contribution is -2.41. The maximum absolute atomic E-state index is 12.8. The van der Waals surface area contributed by atoms with Crippen LogP contribution in [0.2, 0.25) is 0 Å². The van der Waals surface area contributed by atoms with Gasteiger partial charge in [-0.15, -0.1) is 0 Å². The average Bonchev–Trinajstić information content (AvgIpc) is 2.94. The number of morpholine rings is 1. The van der Waals surface area contributed by atoms with Crippen LogP contribution in [0.1, 0.15) is 11.7 Å². The van der Waals surface area contributed by atoms with Gasteiger partial charge in [0.2, 0.25) is 11.8 Å². The highest BCUT2D eigenvalue weighted by Crippen LogP contribution is 2.35. The summed E-state index contributed by atoms with van der Waals surface area (Å²) in [6, 6.07) is 14.8. The quantitative estimate of drug-likeness (QED) is 0.407. The van der Waals surface area contributed by atoms with Gasteiger partial charge in [-0.3, -0.25) is 9.36 Å². The average molecular weight is 487 g/mol. The zero-order valence-electron chi connectivity index (χ0n) is 20.3. The summed E-state index contributed by atoms with van der Waals surface area (Å²) in [5.74, 6) is 1.81. The lowest BCUT2D eigenvalue weighted by Gasteiger charge is -2.35. The van der Waals surface area contributed by atoms with Gasteiger partial charge < -0.3 is 19.1 Å². The molecule has 1 fully saturated rings. The Morgan fingerprint density at radius 3 is 2.67 bits per heavy atom. The van der Waals surface area contributed by atoms with E-state index in [1.807, 2.05) is 36.4 Å². The standard InChI is InChI=1S/C26H26N6O4/c1-31-25(33)14-21(20-9-10-27-16-28-20)30-26(31)32-11-12-36-23(15-32)18-13-17(7-8-22(18)34-2)19-5-4-6-24(29-19)35-3/h4-10,13-14,16,23H,11-12,15H2,1-3H3. The third-order valence-corrected chi connectivity index (χ3v) is 6.11. The number of anilines is 1. The van der Waals surface area contributed by atoms with E-state index in [0.717, 1.165) is 16.8 Å². The number of ether oxygens (including phenoxy) is 3. The second-order valence-corrected chi connectivity index (χ2v) is 8.26. The summed E-state index contributed by atoms with van der Waals surface area (Å²) in [5, 5.41) is 0. The number of benzene rings is 1. The summed E-state index contributed by atoms with van der Waals surface area (Å²) in [6.07, 6.45) is 2.76. The Hall–Kier alpha value is -4.31. The largest absolute Gasteiger partial charge is 0.496 e. The first-order valence-corrected chi connectivity index (χ1v) is 11.5. The van der Waals surface area contributed by atoms with Crippen LogP contribution in [0.3, 0.4) is 0 Å². The molecule has 36 heavy (non-hydrogen) atoms. The van der Waals surface area contributed by atoms with Crippen molar-refractivity contribution in [3.63, 3.8) is 0 Å². The van der Waals surface area contributed by atoms with Crippen molar-refractivity contribution < 1.29 is 14.2 Å². The van der Waals surface area contributed by atoms with Gasteiger partial charge in [-0.05, 0) is 30.3 Å². The molecule has 3 aromatic heterocycles. The van der Waals surface area contributed by atoms with Crippen LogP contribution in [0.4, 0.5) is 5.95 Å². The highest BCUT2D eigenvalue weighted by atomic mass is 16.5. The molecule has 1 unspecified atom stereocenters. The second kappa shape index (κ2) is 10.1. The third kappa shape index (κ3) is 4.63. The Kier molecular flexibility index (Phi) is 6.59. The van der Waals surface area contributed by atoms with Gasteiger partial charge in [-0.1, -0.05) is 6.07 Å². The van der Waals surface area contributed by atoms with Crippen LogP contribution in [-0.4, -0.2) is 58.4 Å². The predicted molar refractivity (Wildman–Crippen MR) is 134 cm³/mol. The second-order valence-electron chi connectivity index (χ2n) is 8.26. The highest BCUT2D eigenvalue weighted by molar-refractivity contribution is 5.63. The lowest BCUT2D eigenvalue weighted by molar-refractivity contribution is 0.0375. The fourth-order valence-corrected chi connectivity index (χ4v) is 4.24. The van der Waals surface area contributed by atoms with Gasteiger partial charge in [-0.2, -0.15) is 0 Å². The minimum Gasteiger partial charge on any atom is -0.496 e. The topological polar surface area (TPSA) is 104 Å². The van der Waals surface area contributed by atoms with E-state index in [0.29, 0.717) is 48.7 Å². The van der Waals surface area contributed by atoms with Gasteiger partial charge in [0.25, 0.3) is 5.56 Å². The molecule has 0 amide bonds. The van der Waals surface area contributed by atoms with Crippen molar-refractivity contribution in [2.45, 2.75) is 6.10 Å². The minimum absolute atomic E-state index is 0.166. The molecule has 5 rings (SSSR count). The molecule has 4 aromatic rings. The maximum Gasteiger partial charge on any atom is 0.255 e. The first kappa shape index (κ1) is 23.4. The zero-order chi connectivity index (χ0) is 25.1. The summed E-state index contributed by atoms with van der Waals surface area (Å²) < 4.78 is 18.7. The summed E-state index contributed by atoms with van der Waals surface area (Å²) in [7, 11) is 4.95. The zero-order valence-corrected chi connectivity index (χ0v) is 20.3. The molecule has 0 spiro atoms. The number of nitrogens with zero attached hydrogens (tertiary/aromatic N) is 6. The number of pyridine rings is 1. The number of methoxy groups -OCH3 is 2. The lowest BCUT2D eigenvalue weighted by atomic mass is 10.0. The molecule has 1 atom stereocenters. The summed E-state index contributed by atoms with van der Waals surface area (Å²) >= 11 is 0. The summed E-state index contributed by atoms with van der Waals surface area (Å²) in [4.78, 5) is 32.3. The normalized spacial score (nSPS) is 15.5. The van der Waals surface area contributed by atoms with Crippen molar-refractivity contribution in [2.24, 2.45) is 7.05 Å². The molecular formula is C26H26N6O4. The smallest absolute Gasteiger partial charge is 0.255 e. The van der Waals surface area contributed by atoms with Gasteiger partial charge in [-0.25, -0.2) is 19.9 Å². The van der Waals surface area contributed by atoms with Crippen LogP contribution >= 0.6 is 0 Å². The van der Waals surface area contributed by atoms with Crippen LogP contribution < -0.4 is 19.9 Å². The van der Waals surface area contributed by atoms with E-state index in [1.54, 1.807) is 38.1 Å². The number of aromatic nitrogens is 5. The highest BCUT2D eigenvalue weighted by Gasteiger charge is 2.28. The van der Waals surface area contributed by atoms with Crippen molar-refractivity contribution >= 4 is 5.95 Å². The van der Waals surface area contributed by atoms with Crippen molar-refractivity contribution in [3.05, 3.63) is 77.0 Å². The van der Waals surface area contributed by atoms with Gasteiger partial charge in [0.1, 0.15) is 18.2 Å². The number of hydrogen-bond donors (Lipinski definition) is 0. The van der Waals surface area contributed by atoms with E-state index in [1.165, 1.54) is 12.4 Å². The van der Waals surface area contributed by atoms with Crippen molar-refractivity contribution in [3.8, 4) is 34.3 Å². The van der Waals surface area contributed by atoms with Gasteiger partial charge >= 0.3 is 0 Å². The fraction of sp³-hybridized carbons (Fsp3) is 0.269. The van der Waals surface area contributed by atoms with Crippen LogP contribution in [0.15, 0.2) is 65.8 Å². The van der Waals surface area contributed by atoms with Crippen molar-refractivity contribution in [1.82, 2.24) is 24.5 Å². The predicted octanol–water partition coefficient (Wildman–Crippen LogP) is 2.89. The molecule has 1 saturated heterocycles. The Labute approximate surface area is 208 Å². The summed E-state index contributed by atoms with van der Waals surface area (Å²) in [5.41, 5.74) is 3.52. The molecule has 0 radical (unpaired) electrons. The van der Waals surface area contributed by atoms with Crippen LogP contribution in [-0.2, 0) is 11.8 Å². The Morgan fingerprint density at radius 2 is 1.89 bits per heavy atom. The van der Waals surface area contributed by atoms with E-state index in [4.69, 9.17) is 19.2 Å².